The fourth-order valence-corrected chi connectivity index (χ4v) is 3.11. The van der Waals surface area contributed by atoms with Gasteiger partial charge in [0.2, 0.25) is 5.78 Å². The van der Waals surface area contributed by atoms with Gasteiger partial charge in [-0.1, -0.05) is 0 Å². The minimum atomic E-state index is -0.632. The first kappa shape index (κ1) is 20.9. The lowest BCUT2D eigenvalue weighted by atomic mass is 10.1. The maximum absolute atomic E-state index is 12.6. The molecular weight excluding hydrogens is 386 g/mol. The molecule has 2 aromatic heterocycles. The molecule has 0 N–H and O–H groups in total. The van der Waals surface area contributed by atoms with Gasteiger partial charge in [-0.3, -0.25) is 4.79 Å². The fourth-order valence-electron chi connectivity index (χ4n) is 3.11. The number of methoxy groups -OCH3 is 1. The molecule has 0 saturated carbocycles. The Morgan fingerprint density at radius 2 is 1.83 bits per heavy atom. The highest BCUT2D eigenvalue weighted by atomic mass is 16.5. The van der Waals surface area contributed by atoms with Crippen molar-refractivity contribution in [3.8, 4) is 5.69 Å². The Morgan fingerprint density at radius 1 is 1.10 bits per heavy atom. The second-order valence-corrected chi connectivity index (χ2v) is 6.54. The van der Waals surface area contributed by atoms with Crippen molar-refractivity contribution in [3.63, 3.8) is 0 Å². The number of carbonyl (C=O) groups is 3. The van der Waals surface area contributed by atoms with Crippen LogP contribution in [0.5, 0.6) is 0 Å². The first-order valence-electron chi connectivity index (χ1n) is 9.20. The molecule has 1 aromatic carbocycles. The number of aryl methyl sites for hydroxylation is 1. The van der Waals surface area contributed by atoms with E-state index in [0.717, 1.165) is 11.4 Å². The molecule has 0 amide bonds. The van der Waals surface area contributed by atoms with Gasteiger partial charge in [-0.05, 0) is 62.4 Å². The summed E-state index contributed by atoms with van der Waals surface area (Å²) in [6, 6.07) is 12.0. The Morgan fingerprint density at radius 3 is 2.47 bits per heavy atom. The Labute approximate surface area is 173 Å². The van der Waals surface area contributed by atoms with Gasteiger partial charge in [0, 0.05) is 28.7 Å². The van der Waals surface area contributed by atoms with E-state index in [-0.39, 0.29) is 12.4 Å². The van der Waals surface area contributed by atoms with E-state index in [4.69, 9.17) is 13.9 Å². The Bertz CT molecular complexity index is 1090. The average molecular weight is 407 g/mol. The molecule has 0 aliphatic rings. The maximum Gasteiger partial charge on any atom is 0.337 e. The third-order valence-electron chi connectivity index (χ3n) is 4.55. The van der Waals surface area contributed by atoms with Crippen LogP contribution in [0.4, 0.5) is 0 Å². The molecule has 154 valence electrons. The smallest absolute Gasteiger partial charge is 0.337 e. The number of hydrogen-bond acceptors (Lipinski definition) is 6. The van der Waals surface area contributed by atoms with Gasteiger partial charge in [-0.2, -0.15) is 0 Å². The third kappa shape index (κ3) is 4.57. The number of hydrogen-bond donors (Lipinski definition) is 0. The summed E-state index contributed by atoms with van der Waals surface area (Å²) < 4.78 is 16.7. The molecule has 2 heterocycles. The number of benzene rings is 1. The van der Waals surface area contributed by atoms with Gasteiger partial charge < -0.3 is 18.5 Å². The van der Waals surface area contributed by atoms with Crippen LogP contribution in [0.25, 0.3) is 11.8 Å². The van der Waals surface area contributed by atoms with Crippen LogP contribution in [0.3, 0.4) is 0 Å². The van der Waals surface area contributed by atoms with E-state index >= 15 is 0 Å². The largest absolute Gasteiger partial charge is 0.465 e. The van der Waals surface area contributed by atoms with Crippen molar-refractivity contribution < 1.29 is 28.3 Å². The van der Waals surface area contributed by atoms with Crippen LogP contribution in [0.2, 0.25) is 0 Å². The van der Waals surface area contributed by atoms with E-state index in [9.17, 15) is 14.4 Å². The van der Waals surface area contributed by atoms with E-state index in [2.05, 4.69) is 0 Å². The lowest BCUT2D eigenvalue weighted by Crippen LogP contribution is -2.13. The first-order valence-corrected chi connectivity index (χ1v) is 9.20. The fraction of sp³-hybridized carbons (Fsp3) is 0.174. The standard InChI is InChI=1S/C23H21NO6/c1-15-13-20(21(25)14-30-22(26)11-10-19-5-4-12-29-19)16(2)24(15)18-8-6-17(7-9-18)23(27)28-3/h4-13H,14H2,1-3H3/b11-10+. The molecule has 0 radical (unpaired) electrons. The highest BCUT2D eigenvalue weighted by molar-refractivity contribution is 6.00. The number of carbonyl (C=O) groups excluding carboxylic acids is 3. The Kier molecular flexibility index (Phi) is 6.32. The van der Waals surface area contributed by atoms with Gasteiger partial charge in [0.25, 0.3) is 0 Å². The average Bonchev–Trinajstić information content (AvgIpc) is 3.37. The highest BCUT2D eigenvalue weighted by Gasteiger charge is 2.18. The number of furan rings is 1. The minimum Gasteiger partial charge on any atom is -0.465 e. The predicted octanol–water partition coefficient (Wildman–Crippen LogP) is 3.91. The van der Waals surface area contributed by atoms with Crippen LogP contribution < -0.4 is 0 Å². The summed E-state index contributed by atoms with van der Waals surface area (Å²) in [6.07, 6.45) is 4.17. The van der Waals surface area contributed by atoms with Crippen molar-refractivity contribution in [3.05, 3.63) is 83.1 Å². The molecular formula is C23H21NO6. The normalized spacial score (nSPS) is 10.9. The maximum atomic E-state index is 12.6. The van der Waals surface area contributed by atoms with Crippen molar-refractivity contribution in [1.29, 1.82) is 0 Å². The summed E-state index contributed by atoms with van der Waals surface area (Å²) in [7, 11) is 1.33. The summed E-state index contributed by atoms with van der Waals surface area (Å²) in [4.78, 5) is 36.0. The number of ketones is 1. The minimum absolute atomic E-state index is 0.305. The lowest BCUT2D eigenvalue weighted by molar-refractivity contribution is -0.136. The van der Waals surface area contributed by atoms with Crippen molar-refractivity contribution in [2.75, 3.05) is 13.7 Å². The Hall–Kier alpha value is -3.87. The van der Waals surface area contributed by atoms with E-state index in [1.165, 1.54) is 25.5 Å². The number of rotatable bonds is 7. The van der Waals surface area contributed by atoms with Gasteiger partial charge in [0.05, 0.1) is 18.9 Å². The summed E-state index contributed by atoms with van der Waals surface area (Å²) in [6.45, 7) is 3.32. The molecule has 30 heavy (non-hydrogen) atoms. The molecule has 0 atom stereocenters. The molecule has 7 heteroatoms. The molecule has 3 aromatic rings. The van der Waals surface area contributed by atoms with E-state index in [1.807, 2.05) is 18.4 Å². The molecule has 3 rings (SSSR count). The predicted molar refractivity (Wildman–Crippen MR) is 110 cm³/mol. The molecule has 0 bridgehead atoms. The zero-order valence-corrected chi connectivity index (χ0v) is 16.9. The van der Waals surface area contributed by atoms with Crippen molar-refractivity contribution in [2.24, 2.45) is 0 Å². The van der Waals surface area contributed by atoms with Crippen molar-refractivity contribution in [2.45, 2.75) is 13.8 Å². The monoisotopic (exact) mass is 407 g/mol. The van der Waals surface area contributed by atoms with Crippen molar-refractivity contribution in [1.82, 2.24) is 4.57 Å². The van der Waals surface area contributed by atoms with Crippen LogP contribution in [-0.4, -0.2) is 36.0 Å². The van der Waals surface area contributed by atoms with E-state index in [1.54, 1.807) is 42.5 Å². The topological polar surface area (TPSA) is 87.7 Å². The molecule has 0 unspecified atom stereocenters. The molecule has 0 fully saturated rings. The summed E-state index contributed by atoms with van der Waals surface area (Å²) in [5.41, 5.74) is 3.26. The van der Waals surface area contributed by atoms with Crippen LogP contribution in [0.1, 0.15) is 37.9 Å². The number of esters is 2. The van der Waals surface area contributed by atoms with Crippen LogP contribution in [-0.2, 0) is 14.3 Å². The van der Waals surface area contributed by atoms with Crippen LogP contribution in [0.15, 0.2) is 59.2 Å². The Balaban J connectivity index is 1.70. The molecule has 0 spiro atoms. The van der Waals surface area contributed by atoms with E-state index in [0.29, 0.717) is 22.6 Å². The molecule has 0 aliphatic carbocycles. The van der Waals surface area contributed by atoms with Gasteiger partial charge in [0.15, 0.2) is 6.61 Å². The second kappa shape index (κ2) is 9.09. The number of nitrogens with zero attached hydrogens (tertiary/aromatic N) is 1. The van der Waals surface area contributed by atoms with Crippen molar-refractivity contribution >= 4 is 23.8 Å². The summed E-state index contributed by atoms with van der Waals surface area (Å²) in [5.74, 6) is -0.839. The number of aromatic nitrogens is 1. The van der Waals surface area contributed by atoms with Gasteiger partial charge in [-0.15, -0.1) is 0 Å². The molecule has 0 aliphatic heterocycles. The second-order valence-electron chi connectivity index (χ2n) is 6.54. The number of Topliss-reactive ketones (excluding diaryl/α,β-unsaturated/α-hetero) is 1. The molecule has 7 nitrogen and oxygen atoms in total. The zero-order chi connectivity index (χ0) is 21.7. The van der Waals surface area contributed by atoms with E-state index < -0.39 is 11.9 Å². The van der Waals surface area contributed by atoms with Crippen LogP contribution >= 0.6 is 0 Å². The summed E-state index contributed by atoms with van der Waals surface area (Å²) >= 11 is 0. The quantitative estimate of drug-likeness (QED) is 0.335. The third-order valence-corrected chi connectivity index (χ3v) is 4.55. The van der Waals surface area contributed by atoms with Gasteiger partial charge in [-0.25, -0.2) is 9.59 Å². The summed E-state index contributed by atoms with van der Waals surface area (Å²) in [5, 5.41) is 0. The first-order chi connectivity index (χ1) is 14.4. The van der Waals surface area contributed by atoms with Gasteiger partial charge in [0.1, 0.15) is 5.76 Å². The molecule has 0 saturated heterocycles. The SMILES string of the molecule is COC(=O)c1ccc(-n2c(C)cc(C(=O)COC(=O)/C=C/c3ccco3)c2C)cc1. The number of ether oxygens (including phenoxy) is 2. The van der Waals surface area contributed by atoms with Gasteiger partial charge >= 0.3 is 11.9 Å². The van der Waals surface area contributed by atoms with Crippen LogP contribution in [0, 0.1) is 13.8 Å². The lowest BCUT2D eigenvalue weighted by Gasteiger charge is -2.10. The zero-order valence-electron chi connectivity index (χ0n) is 16.9. The highest BCUT2D eigenvalue weighted by Crippen LogP contribution is 2.22.